The van der Waals surface area contributed by atoms with E-state index in [1.165, 1.54) is 49.2 Å². The number of carbonyl (C=O) groups excluding carboxylic acids is 1. The van der Waals surface area contributed by atoms with Crippen LogP contribution in [0, 0.1) is 21.4 Å². The molecule has 10 nitrogen and oxygen atoms in total. The zero-order valence-corrected chi connectivity index (χ0v) is 18.8. The summed E-state index contributed by atoms with van der Waals surface area (Å²) in [6.07, 6.45) is 1.25. The number of nitro groups is 1. The van der Waals surface area contributed by atoms with Crippen molar-refractivity contribution in [2.24, 2.45) is 0 Å². The van der Waals surface area contributed by atoms with Gasteiger partial charge in [0, 0.05) is 22.9 Å². The van der Waals surface area contributed by atoms with E-state index >= 15 is 0 Å². The van der Waals surface area contributed by atoms with E-state index in [-0.39, 0.29) is 38.7 Å². The first-order chi connectivity index (χ1) is 15.3. The Balaban J connectivity index is 1.81. The lowest BCUT2D eigenvalue weighted by atomic mass is 10.1. The van der Waals surface area contributed by atoms with E-state index < -0.39 is 10.8 Å². The number of ether oxygens (including phenoxy) is 1. The number of nitrogens with zero attached hydrogens (tertiary/aromatic N) is 4. The maximum atomic E-state index is 12.5. The van der Waals surface area contributed by atoms with E-state index in [0.717, 1.165) is 11.5 Å². The van der Waals surface area contributed by atoms with Crippen molar-refractivity contribution < 1.29 is 18.9 Å². The lowest BCUT2D eigenvalue weighted by Gasteiger charge is -2.03. The van der Waals surface area contributed by atoms with Gasteiger partial charge in [0.15, 0.2) is 0 Å². The predicted octanol–water partition coefficient (Wildman–Crippen LogP) is 4.76. The van der Waals surface area contributed by atoms with Crippen LogP contribution in [0.5, 0.6) is 5.75 Å². The molecule has 0 aliphatic rings. The lowest BCUT2D eigenvalue weighted by molar-refractivity contribution is -0.384. The summed E-state index contributed by atoms with van der Waals surface area (Å²) in [4.78, 5) is 27.5. The molecule has 0 saturated carbocycles. The molecule has 32 heavy (non-hydrogen) atoms. The molecule has 0 fully saturated rings. The molecule has 12 heteroatoms. The number of nitriles is 1. The van der Waals surface area contributed by atoms with Gasteiger partial charge in [-0.25, -0.2) is 0 Å². The van der Waals surface area contributed by atoms with Crippen molar-refractivity contribution in [2.45, 2.75) is 24.3 Å². The van der Waals surface area contributed by atoms with E-state index in [1.807, 2.05) is 19.9 Å². The van der Waals surface area contributed by atoms with Crippen molar-refractivity contribution in [1.82, 2.24) is 9.36 Å². The van der Waals surface area contributed by atoms with Gasteiger partial charge in [0.1, 0.15) is 28.9 Å². The molecule has 0 unspecified atom stereocenters. The lowest BCUT2D eigenvalue weighted by Crippen LogP contribution is -2.13. The smallest absolute Gasteiger partial charge is 0.284 e. The number of hydrogen-bond donors (Lipinski definition) is 1. The summed E-state index contributed by atoms with van der Waals surface area (Å²) in [5.74, 6) is 0.0632. The third kappa shape index (κ3) is 5.51. The van der Waals surface area contributed by atoms with Crippen LogP contribution in [0.15, 0.2) is 45.5 Å². The summed E-state index contributed by atoms with van der Waals surface area (Å²) in [6.45, 7) is 4.00. The molecule has 3 aromatic rings. The number of aromatic nitrogens is 2. The molecule has 1 amide bonds. The van der Waals surface area contributed by atoms with Crippen molar-refractivity contribution in [3.8, 4) is 23.1 Å². The Labute approximate surface area is 191 Å². The highest BCUT2D eigenvalue weighted by Gasteiger charge is 2.20. The highest BCUT2D eigenvalue weighted by atomic mass is 32.2. The van der Waals surface area contributed by atoms with Crippen LogP contribution >= 0.6 is 23.3 Å². The molecule has 1 N–H and O–H groups in total. The number of nitrogens with one attached hydrogen (secondary N) is 1. The summed E-state index contributed by atoms with van der Waals surface area (Å²) < 4.78 is 14.8. The Morgan fingerprint density at radius 1 is 1.41 bits per heavy atom. The van der Waals surface area contributed by atoms with Crippen molar-refractivity contribution in [2.75, 3.05) is 12.4 Å². The molecule has 2 heterocycles. The van der Waals surface area contributed by atoms with Crippen molar-refractivity contribution in [1.29, 1.82) is 5.26 Å². The molecule has 2 aromatic heterocycles. The number of amides is 1. The number of thioether (sulfide) groups is 1. The monoisotopic (exact) mass is 471 g/mol. The molecule has 0 aliphatic heterocycles. The molecular formula is C20H17N5O5S2. The zero-order valence-electron chi connectivity index (χ0n) is 17.2. The summed E-state index contributed by atoms with van der Waals surface area (Å²) >= 11 is 2.47. The molecule has 0 atom stereocenters. The normalized spacial score (nSPS) is 11.3. The molecule has 0 saturated heterocycles. The van der Waals surface area contributed by atoms with Crippen molar-refractivity contribution >= 4 is 46.1 Å². The average molecular weight is 472 g/mol. The van der Waals surface area contributed by atoms with Gasteiger partial charge in [-0.15, -0.1) is 0 Å². The van der Waals surface area contributed by atoms with Gasteiger partial charge < -0.3 is 9.15 Å². The second-order valence-corrected chi connectivity index (χ2v) is 8.81. The quantitative estimate of drug-likeness (QED) is 0.161. The SMILES string of the molecule is COc1ccc(-c2ccc(/C=C(/C#N)C(=O)Nc3nc(SC(C)C)ns3)o2)c([N+](=O)[O-])c1. The summed E-state index contributed by atoms with van der Waals surface area (Å²) in [7, 11) is 1.41. The van der Waals surface area contributed by atoms with Crippen LogP contribution in [0.25, 0.3) is 17.4 Å². The van der Waals surface area contributed by atoms with Crippen LogP contribution in [0.4, 0.5) is 10.8 Å². The number of benzene rings is 1. The summed E-state index contributed by atoms with van der Waals surface area (Å²) in [6, 6.07) is 9.21. The zero-order chi connectivity index (χ0) is 23.3. The fraction of sp³-hybridized carbons (Fsp3) is 0.200. The van der Waals surface area contributed by atoms with Gasteiger partial charge >= 0.3 is 0 Å². The van der Waals surface area contributed by atoms with E-state index in [9.17, 15) is 20.2 Å². The minimum absolute atomic E-state index is 0.185. The topological polar surface area (TPSA) is 144 Å². The molecule has 0 bridgehead atoms. The number of furan rings is 1. The Morgan fingerprint density at radius 3 is 2.84 bits per heavy atom. The number of anilines is 1. The highest BCUT2D eigenvalue weighted by Crippen LogP contribution is 2.34. The Morgan fingerprint density at radius 2 is 2.19 bits per heavy atom. The molecular weight excluding hydrogens is 454 g/mol. The number of hydrogen-bond acceptors (Lipinski definition) is 10. The van der Waals surface area contributed by atoms with Gasteiger partial charge in [0.25, 0.3) is 11.6 Å². The highest BCUT2D eigenvalue weighted by molar-refractivity contribution is 7.99. The largest absolute Gasteiger partial charge is 0.497 e. The fourth-order valence-corrected chi connectivity index (χ4v) is 3.93. The second kappa shape index (κ2) is 10.1. The van der Waals surface area contributed by atoms with Crippen LogP contribution in [0.2, 0.25) is 0 Å². The molecule has 1 aromatic carbocycles. The predicted molar refractivity (Wildman–Crippen MR) is 120 cm³/mol. The van der Waals surface area contributed by atoms with E-state index in [2.05, 4.69) is 14.7 Å². The van der Waals surface area contributed by atoms with Gasteiger partial charge in [-0.2, -0.15) is 14.6 Å². The Hall–Kier alpha value is -3.69. The van der Waals surface area contributed by atoms with Gasteiger partial charge in [-0.3, -0.25) is 20.2 Å². The first-order valence-corrected chi connectivity index (χ1v) is 10.8. The maximum absolute atomic E-state index is 12.5. The van der Waals surface area contributed by atoms with E-state index in [0.29, 0.717) is 10.9 Å². The first kappa shape index (κ1) is 23.0. The number of nitro benzene ring substituents is 1. The summed E-state index contributed by atoms with van der Waals surface area (Å²) in [5, 5.41) is 24.4. The Bertz CT molecular complexity index is 1230. The van der Waals surface area contributed by atoms with Gasteiger partial charge in [0.05, 0.1) is 23.7 Å². The van der Waals surface area contributed by atoms with Crippen LogP contribution < -0.4 is 10.1 Å². The second-order valence-electron chi connectivity index (χ2n) is 6.51. The third-order valence-corrected chi connectivity index (χ3v) is 5.53. The molecule has 0 spiro atoms. The summed E-state index contributed by atoms with van der Waals surface area (Å²) in [5.41, 5.74) is -0.176. The fourth-order valence-electron chi connectivity index (χ4n) is 2.55. The maximum Gasteiger partial charge on any atom is 0.284 e. The van der Waals surface area contributed by atoms with Gasteiger partial charge in [-0.1, -0.05) is 25.6 Å². The van der Waals surface area contributed by atoms with E-state index in [4.69, 9.17) is 9.15 Å². The molecule has 164 valence electrons. The first-order valence-electron chi connectivity index (χ1n) is 9.17. The average Bonchev–Trinajstić information content (AvgIpc) is 3.40. The van der Waals surface area contributed by atoms with Crippen molar-refractivity contribution in [3.05, 3.63) is 51.8 Å². The number of rotatable bonds is 8. The van der Waals surface area contributed by atoms with Crippen molar-refractivity contribution in [3.63, 3.8) is 0 Å². The standard InChI is InChI=1S/C20H17N5O5S2/c1-11(2)31-20-23-19(32-24-20)22-18(26)12(10-21)8-14-5-7-17(30-14)15-6-4-13(29-3)9-16(15)25(27)28/h4-9,11H,1-3H3,(H,22,23,24,26)/b12-8-. The molecule has 3 rings (SSSR count). The van der Waals surface area contributed by atoms with Crippen LogP contribution in [0.3, 0.4) is 0 Å². The minimum atomic E-state index is -0.668. The Kier molecular flexibility index (Phi) is 7.24. The molecule has 0 radical (unpaired) electrons. The third-order valence-electron chi connectivity index (χ3n) is 3.91. The van der Waals surface area contributed by atoms with Crippen LogP contribution in [-0.2, 0) is 4.79 Å². The number of methoxy groups -OCH3 is 1. The van der Waals surface area contributed by atoms with E-state index in [1.54, 1.807) is 6.07 Å². The van der Waals surface area contributed by atoms with Crippen LogP contribution in [0.1, 0.15) is 19.6 Å². The molecule has 0 aliphatic carbocycles. The van der Waals surface area contributed by atoms with Gasteiger partial charge in [-0.05, 0) is 24.3 Å². The van der Waals surface area contributed by atoms with Crippen LogP contribution in [-0.4, -0.2) is 32.5 Å². The van der Waals surface area contributed by atoms with Gasteiger partial charge in [0.2, 0.25) is 10.3 Å². The number of carbonyl (C=O) groups is 1. The minimum Gasteiger partial charge on any atom is -0.497 e.